The third-order valence-corrected chi connectivity index (χ3v) is 5.62. The van der Waals surface area contributed by atoms with Crippen LogP contribution in [0.1, 0.15) is 36.1 Å². The molecule has 0 atom stereocenters. The van der Waals surface area contributed by atoms with E-state index in [-0.39, 0.29) is 5.91 Å². The fourth-order valence-corrected chi connectivity index (χ4v) is 3.84. The van der Waals surface area contributed by atoms with E-state index >= 15 is 0 Å². The summed E-state index contributed by atoms with van der Waals surface area (Å²) in [6.07, 6.45) is 1.86. The zero-order valence-corrected chi connectivity index (χ0v) is 17.5. The molecule has 0 aromatic heterocycles. The standard InChI is InChI=1S/C24H33N3O/c1-4-21-7-6-8-22(5-2)24(21)25-23(28)18-27-15-13-26(14-16-27)17-20-11-9-19(3)10-12-20/h6-12H,4-5,13-18H2,1-3H3,(H,25,28). The number of rotatable bonds is 7. The molecule has 1 N–H and O–H groups in total. The molecule has 4 heteroatoms. The van der Waals surface area contributed by atoms with Crippen LogP contribution in [-0.4, -0.2) is 48.4 Å². The van der Waals surface area contributed by atoms with Crippen LogP contribution in [0.4, 0.5) is 5.69 Å². The summed E-state index contributed by atoms with van der Waals surface area (Å²) in [5.41, 5.74) is 6.12. The monoisotopic (exact) mass is 379 g/mol. The molecule has 1 aliphatic rings. The van der Waals surface area contributed by atoms with Gasteiger partial charge in [-0.1, -0.05) is 61.9 Å². The Hall–Kier alpha value is -2.17. The molecule has 1 heterocycles. The van der Waals surface area contributed by atoms with Crippen molar-refractivity contribution in [3.05, 3.63) is 64.7 Å². The van der Waals surface area contributed by atoms with Gasteiger partial charge in [-0.3, -0.25) is 14.6 Å². The predicted octanol–water partition coefficient (Wildman–Crippen LogP) is 3.88. The Bertz CT molecular complexity index is 755. The molecule has 0 unspecified atom stereocenters. The molecule has 0 saturated carbocycles. The number of piperazine rings is 1. The molecule has 4 nitrogen and oxygen atoms in total. The third kappa shape index (κ3) is 5.43. The Balaban J connectivity index is 1.49. The van der Waals surface area contributed by atoms with Gasteiger partial charge < -0.3 is 5.32 Å². The lowest BCUT2D eigenvalue weighted by Crippen LogP contribution is -2.48. The fourth-order valence-electron chi connectivity index (χ4n) is 3.84. The van der Waals surface area contributed by atoms with Crippen LogP contribution in [-0.2, 0) is 24.2 Å². The van der Waals surface area contributed by atoms with Crippen molar-refractivity contribution < 1.29 is 4.79 Å². The van der Waals surface area contributed by atoms with Gasteiger partial charge in [0.15, 0.2) is 0 Å². The minimum atomic E-state index is 0.0996. The van der Waals surface area contributed by atoms with E-state index in [1.54, 1.807) is 0 Å². The number of aryl methyl sites for hydroxylation is 3. The van der Waals surface area contributed by atoms with Crippen LogP contribution in [0.2, 0.25) is 0 Å². The lowest BCUT2D eigenvalue weighted by molar-refractivity contribution is -0.117. The minimum absolute atomic E-state index is 0.0996. The van der Waals surface area contributed by atoms with Crippen LogP contribution in [0, 0.1) is 6.92 Å². The van der Waals surface area contributed by atoms with E-state index in [2.05, 4.69) is 78.4 Å². The maximum absolute atomic E-state index is 12.7. The summed E-state index contributed by atoms with van der Waals surface area (Å²) in [6.45, 7) is 11.7. The zero-order valence-electron chi connectivity index (χ0n) is 17.5. The molecular formula is C24H33N3O. The summed E-state index contributed by atoms with van der Waals surface area (Å²) in [5.74, 6) is 0.0996. The van der Waals surface area contributed by atoms with Gasteiger partial charge in [0.05, 0.1) is 6.54 Å². The van der Waals surface area contributed by atoms with Gasteiger partial charge in [-0.05, 0) is 36.5 Å². The Kier molecular flexibility index (Phi) is 7.24. The number of benzene rings is 2. The molecule has 1 saturated heterocycles. The summed E-state index contributed by atoms with van der Waals surface area (Å²) in [4.78, 5) is 17.4. The number of carbonyl (C=O) groups excluding carboxylic acids is 1. The van der Waals surface area contributed by atoms with Crippen LogP contribution in [0.25, 0.3) is 0 Å². The molecule has 28 heavy (non-hydrogen) atoms. The normalized spacial score (nSPS) is 15.5. The number of carbonyl (C=O) groups is 1. The molecule has 1 aliphatic heterocycles. The highest BCUT2D eigenvalue weighted by molar-refractivity contribution is 5.93. The van der Waals surface area contributed by atoms with Gasteiger partial charge in [0.25, 0.3) is 0 Å². The molecule has 150 valence electrons. The highest BCUT2D eigenvalue weighted by Gasteiger charge is 2.20. The van der Waals surface area contributed by atoms with Crippen LogP contribution < -0.4 is 5.32 Å². The second-order valence-corrected chi connectivity index (χ2v) is 7.74. The number of anilines is 1. The molecular weight excluding hydrogens is 346 g/mol. The van der Waals surface area contributed by atoms with Crippen molar-refractivity contribution >= 4 is 11.6 Å². The second kappa shape index (κ2) is 9.85. The average Bonchev–Trinajstić information content (AvgIpc) is 2.71. The molecule has 2 aromatic carbocycles. The predicted molar refractivity (Wildman–Crippen MR) is 117 cm³/mol. The van der Waals surface area contributed by atoms with Crippen LogP contribution in [0.5, 0.6) is 0 Å². The minimum Gasteiger partial charge on any atom is -0.324 e. The molecule has 0 spiro atoms. The molecule has 0 radical (unpaired) electrons. The van der Waals surface area contributed by atoms with Crippen molar-refractivity contribution in [3.63, 3.8) is 0 Å². The van der Waals surface area contributed by atoms with Gasteiger partial charge in [0.2, 0.25) is 5.91 Å². The Labute approximate surface area is 169 Å². The lowest BCUT2D eigenvalue weighted by Gasteiger charge is -2.34. The fraction of sp³-hybridized carbons (Fsp3) is 0.458. The van der Waals surface area contributed by atoms with Gasteiger partial charge in [-0.25, -0.2) is 0 Å². The molecule has 0 aliphatic carbocycles. The first-order valence-corrected chi connectivity index (χ1v) is 10.5. The summed E-state index contributed by atoms with van der Waals surface area (Å²) in [6, 6.07) is 15.1. The van der Waals surface area contributed by atoms with Crippen LogP contribution >= 0.6 is 0 Å². The van der Waals surface area contributed by atoms with E-state index in [4.69, 9.17) is 0 Å². The number of para-hydroxylation sites is 1. The van der Waals surface area contributed by atoms with E-state index < -0.39 is 0 Å². The molecule has 3 rings (SSSR count). The van der Waals surface area contributed by atoms with Gasteiger partial charge in [-0.15, -0.1) is 0 Å². The van der Waals surface area contributed by atoms with E-state index in [0.717, 1.165) is 51.3 Å². The van der Waals surface area contributed by atoms with Crippen molar-refractivity contribution in [3.8, 4) is 0 Å². The maximum Gasteiger partial charge on any atom is 0.238 e. The lowest BCUT2D eigenvalue weighted by atomic mass is 10.0. The second-order valence-electron chi connectivity index (χ2n) is 7.74. The van der Waals surface area contributed by atoms with E-state index in [0.29, 0.717) is 6.54 Å². The first-order chi connectivity index (χ1) is 13.6. The number of nitrogens with zero attached hydrogens (tertiary/aromatic N) is 2. The summed E-state index contributed by atoms with van der Waals surface area (Å²) in [5, 5.41) is 3.19. The summed E-state index contributed by atoms with van der Waals surface area (Å²) < 4.78 is 0. The highest BCUT2D eigenvalue weighted by Crippen LogP contribution is 2.22. The zero-order chi connectivity index (χ0) is 19.9. The highest BCUT2D eigenvalue weighted by atomic mass is 16.2. The summed E-state index contributed by atoms with van der Waals surface area (Å²) >= 11 is 0. The number of hydrogen-bond donors (Lipinski definition) is 1. The van der Waals surface area contributed by atoms with E-state index in [1.807, 2.05) is 0 Å². The molecule has 0 bridgehead atoms. The SMILES string of the molecule is CCc1cccc(CC)c1NC(=O)CN1CCN(Cc2ccc(C)cc2)CC1. The number of nitrogens with one attached hydrogen (secondary N) is 1. The average molecular weight is 380 g/mol. The smallest absolute Gasteiger partial charge is 0.238 e. The summed E-state index contributed by atoms with van der Waals surface area (Å²) in [7, 11) is 0. The Morgan fingerprint density at radius 3 is 2.04 bits per heavy atom. The van der Waals surface area contributed by atoms with Crippen molar-refractivity contribution in [1.82, 2.24) is 9.80 Å². The molecule has 1 fully saturated rings. The van der Waals surface area contributed by atoms with Crippen LogP contribution in [0.15, 0.2) is 42.5 Å². The molecule has 2 aromatic rings. The first-order valence-electron chi connectivity index (χ1n) is 10.5. The van der Waals surface area contributed by atoms with Gasteiger partial charge in [-0.2, -0.15) is 0 Å². The van der Waals surface area contributed by atoms with Crippen molar-refractivity contribution in [1.29, 1.82) is 0 Å². The van der Waals surface area contributed by atoms with Gasteiger partial charge in [0, 0.05) is 38.4 Å². The van der Waals surface area contributed by atoms with Crippen molar-refractivity contribution in [2.75, 3.05) is 38.0 Å². The maximum atomic E-state index is 12.7. The van der Waals surface area contributed by atoms with Crippen LogP contribution in [0.3, 0.4) is 0 Å². The Morgan fingerprint density at radius 2 is 1.46 bits per heavy atom. The number of amides is 1. The van der Waals surface area contributed by atoms with E-state index in [9.17, 15) is 4.79 Å². The van der Waals surface area contributed by atoms with Crippen molar-refractivity contribution in [2.45, 2.75) is 40.2 Å². The van der Waals surface area contributed by atoms with Gasteiger partial charge in [0.1, 0.15) is 0 Å². The number of hydrogen-bond acceptors (Lipinski definition) is 3. The quantitative estimate of drug-likeness (QED) is 0.793. The van der Waals surface area contributed by atoms with Crippen molar-refractivity contribution in [2.24, 2.45) is 0 Å². The molecule has 1 amide bonds. The Morgan fingerprint density at radius 1 is 0.893 bits per heavy atom. The van der Waals surface area contributed by atoms with E-state index in [1.165, 1.54) is 22.3 Å². The topological polar surface area (TPSA) is 35.6 Å². The largest absolute Gasteiger partial charge is 0.324 e. The van der Waals surface area contributed by atoms with Gasteiger partial charge >= 0.3 is 0 Å². The third-order valence-electron chi connectivity index (χ3n) is 5.62. The first kappa shape index (κ1) is 20.6.